The van der Waals surface area contributed by atoms with Crippen LogP contribution in [0.15, 0.2) is 10.5 Å². The highest BCUT2D eigenvalue weighted by Gasteiger charge is 2.21. The van der Waals surface area contributed by atoms with E-state index < -0.39 is 5.97 Å². The van der Waals surface area contributed by atoms with Gasteiger partial charge in [-0.25, -0.2) is 4.79 Å². The summed E-state index contributed by atoms with van der Waals surface area (Å²) >= 11 is 6.30. The summed E-state index contributed by atoms with van der Waals surface area (Å²) < 4.78 is 16.8. The van der Waals surface area contributed by atoms with E-state index in [0.29, 0.717) is 25.6 Å². The van der Waals surface area contributed by atoms with Crippen molar-refractivity contribution in [1.82, 2.24) is 0 Å². The molecule has 0 aliphatic heterocycles. The van der Waals surface area contributed by atoms with Crippen LogP contribution in [-0.2, 0) is 11.2 Å². The molecule has 6 heteroatoms. The standard InChI is InChI=1S/C13H14O4S2/c1-4-5-7-6-8(12(14)16-3)11-10(9(7)15-2)17-13(18)19-11/h6H,4-5H2,1-3H3. The molecule has 0 saturated heterocycles. The Kier molecular flexibility index (Phi) is 4.21. The molecule has 19 heavy (non-hydrogen) atoms. The lowest BCUT2D eigenvalue weighted by Crippen LogP contribution is -2.04. The molecule has 0 N–H and O–H groups in total. The van der Waals surface area contributed by atoms with Crippen molar-refractivity contribution < 1.29 is 18.7 Å². The summed E-state index contributed by atoms with van der Waals surface area (Å²) in [5.74, 6) is 0.258. The number of ether oxygens (including phenoxy) is 2. The molecule has 0 amide bonds. The average molecular weight is 298 g/mol. The molecule has 0 aliphatic carbocycles. The molecule has 4 nitrogen and oxygen atoms in total. The molecule has 0 unspecified atom stereocenters. The molecule has 0 radical (unpaired) electrons. The zero-order valence-electron chi connectivity index (χ0n) is 10.9. The first-order chi connectivity index (χ1) is 9.12. The second-order valence-electron chi connectivity index (χ2n) is 3.97. The Balaban J connectivity index is 2.81. The highest BCUT2D eigenvalue weighted by molar-refractivity contribution is 7.73. The number of carbonyl (C=O) groups excluding carboxylic acids is 1. The number of hydrogen-bond acceptors (Lipinski definition) is 6. The van der Waals surface area contributed by atoms with Crippen LogP contribution in [0.5, 0.6) is 5.75 Å². The van der Waals surface area contributed by atoms with Crippen LogP contribution in [0.4, 0.5) is 0 Å². The van der Waals surface area contributed by atoms with Gasteiger partial charge in [0, 0.05) is 0 Å². The first-order valence-corrected chi connectivity index (χ1v) is 7.06. The van der Waals surface area contributed by atoms with Crippen molar-refractivity contribution in [3.8, 4) is 5.75 Å². The third-order valence-electron chi connectivity index (χ3n) is 2.77. The lowest BCUT2D eigenvalue weighted by Gasteiger charge is -2.10. The number of rotatable bonds is 4. The van der Waals surface area contributed by atoms with Crippen LogP contribution in [0.25, 0.3) is 10.3 Å². The van der Waals surface area contributed by atoms with Crippen molar-refractivity contribution in [2.45, 2.75) is 19.8 Å². The van der Waals surface area contributed by atoms with Gasteiger partial charge in [0.15, 0.2) is 11.3 Å². The van der Waals surface area contributed by atoms with E-state index in [-0.39, 0.29) is 0 Å². The Bertz CT molecular complexity index is 669. The van der Waals surface area contributed by atoms with Crippen LogP contribution in [0.1, 0.15) is 29.3 Å². The minimum atomic E-state index is -0.392. The van der Waals surface area contributed by atoms with Gasteiger partial charge < -0.3 is 13.9 Å². The van der Waals surface area contributed by atoms with Gasteiger partial charge in [-0.2, -0.15) is 0 Å². The fraction of sp³-hybridized carbons (Fsp3) is 0.385. The number of hydrogen-bond donors (Lipinski definition) is 0. The van der Waals surface area contributed by atoms with Crippen molar-refractivity contribution >= 4 is 39.8 Å². The Morgan fingerprint density at radius 3 is 2.79 bits per heavy atom. The largest absolute Gasteiger partial charge is 0.492 e. The summed E-state index contributed by atoms with van der Waals surface area (Å²) in [5.41, 5.74) is 1.94. The number of esters is 1. The number of benzene rings is 1. The van der Waals surface area contributed by atoms with E-state index in [0.717, 1.165) is 18.4 Å². The van der Waals surface area contributed by atoms with Gasteiger partial charge in [0.25, 0.3) is 0 Å². The maximum absolute atomic E-state index is 11.9. The third kappa shape index (κ3) is 2.50. The molecule has 102 valence electrons. The fourth-order valence-electron chi connectivity index (χ4n) is 2.00. The number of aryl methyl sites for hydroxylation is 1. The van der Waals surface area contributed by atoms with Gasteiger partial charge in [-0.3, -0.25) is 0 Å². The highest BCUT2D eigenvalue weighted by Crippen LogP contribution is 2.37. The monoisotopic (exact) mass is 298 g/mol. The van der Waals surface area contributed by atoms with Crippen LogP contribution < -0.4 is 4.74 Å². The van der Waals surface area contributed by atoms with Crippen LogP contribution in [0.2, 0.25) is 0 Å². The summed E-state index contributed by atoms with van der Waals surface area (Å²) in [5, 5.41) is 0. The number of fused-ring (bicyclic) bond motifs is 1. The SMILES string of the molecule is CCCc1cc(C(=O)OC)c2sc(=S)oc2c1OC. The Hall–Kier alpha value is -1.40. The molecule has 1 aromatic heterocycles. The number of methoxy groups -OCH3 is 2. The first kappa shape index (κ1) is 14.0. The molecule has 0 fully saturated rings. The molecule has 1 aromatic carbocycles. The van der Waals surface area contributed by atoms with Crippen molar-refractivity contribution in [3.05, 3.63) is 21.2 Å². The van der Waals surface area contributed by atoms with Gasteiger partial charge in [-0.05, 0) is 30.3 Å². The summed E-state index contributed by atoms with van der Waals surface area (Å²) in [6.45, 7) is 2.06. The van der Waals surface area contributed by atoms with E-state index in [1.165, 1.54) is 18.4 Å². The normalized spacial score (nSPS) is 10.7. The van der Waals surface area contributed by atoms with Gasteiger partial charge in [-0.1, -0.05) is 24.7 Å². The van der Waals surface area contributed by atoms with Gasteiger partial charge in [0.05, 0.1) is 24.5 Å². The zero-order chi connectivity index (χ0) is 14.0. The third-order valence-corrected chi connectivity index (χ3v) is 3.96. The summed E-state index contributed by atoms with van der Waals surface area (Å²) in [6, 6.07) is 1.80. The topological polar surface area (TPSA) is 48.7 Å². The molecular formula is C13H14O4S2. The average Bonchev–Trinajstić information content (AvgIpc) is 2.78. The molecule has 1 heterocycles. The Labute approximate surface area is 119 Å². The lowest BCUT2D eigenvalue weighted by atomic mass is 10.0. The minimum Gasteiger partial charge on any atom is -0.492 e. The van der Waals surface area contributed by atoms with E-state index in [1.54, 1.807) is 13.2 Å². The van der Waals surface area contributed by atoms with Gasteiger partial charge >= 0.3 is 5.97 Å². The quantitative estimate of drug-likeness (QED) is 0.631. The van der Waals surface area contributed by atoms with E-state index in [1.807, 2.05) is 0 Å². The molecule has 2 rings (SSSR count). The molecule has 2 aromatic rings. The van der Waals surface area contributed by atoms with Crippen LogP contribution in [0.3, 0.4) is 0 Å². The van der Waals surface area contributed by atoms with E-state index >= 15 is 0 Å². The molecule has 0 bridgehead atoms. The highest BCUT2D eigenvalue weighted by atomic mass is 32.1. The lowest BCUT2D eigenvalue weighted by molar-refractivity contribution is 0.0603. The van der Waals surface area contributed by atoms with Crippen molar-refractivity contribution in [2.75, 3.05) is 14.2 Å². The second kappa shape index (κ2) is 5.71. The maximum atomic E-state index is 11.9. The Morgan fingerprint density at radius 1 is 1.47 bits per heavy atom. The molecular weight excluding hydrogens is 284 g/mol. The van der Waals surface area contributed by atoms with Crippen LogP contribution >= 0.6 is 23.6 Å². The maximum Gasteiger partial charge on any atom is 0.339 e. The van der Waals surface area contributed by atoms with Crippen molar-refractivity contribution in [1.29, 1.82) is 0 Å². The van der Waals surface area contributed by atoms with Crippen molar-refractivity contribution in [2.24, 2.45) is 0 Å². The van der Waals surface area contributed by atoms with Crippen LogP contribution in [0, 0.1) is 4.02 Å². The van der Waals surface area contributed by atoms with Gasteiger partial charge in [0.2, 0.25) is 4.02 Å². The first-order valence-electron chi connectivity index (χ1n) is 5.84. The predicted octanol–water partition coefficient (Wildman–Crippen LogP) is 3.97. The fourth-order valence-corrected chi connectivity index (χ4v) is 3.10. The predicted molar refractivity (Wildman–Crippen MR) is 76.8 cm³/mol. The number of carbonyl (C=O) groups is 1. The molecule has 0 spiro atoms. The molecule has 0 atom stereocenters. The molecule has 0 aliphatic rings. The Morgan fingerprint density at radius 2 is 2.21 bits per heavy atom. The summed E-state index contributed by atoms with van der Waals surface area (Å²) in [7, 11) is 2.94. The van der Waals surface area contributed by atoms with E-state index in [4.69, 9.17) is 26.1 Å². The van der Waals surface area contributed by atoms with E-state index in [9.17, 15) is 4.79 Å². The van der Waals surface area contributed by atoms with Crippen molar-refractivity contribution in [3.63, 3.8) is 0 Å². The van der Waals surface area contributed by atoms with E-state index in [2.05, 4.69) is 6.92 Å². The molecule has 0 saturated carbocycles. The summed E-state index contributed by atoms with van der Waals surface area (Å²) in [4.78, 5) is 11.9. The minimum absolute atomic E-state index is 0.368. The zero-order valence-corrected chi connectivity index (χ0v) is 12.6. The summed E-state index contributed by atoms with van der Waals surface area (Å²) in [6.07, 6.45) is 1.73. The van der Waals surface area contributed by atoms with Crippen LogP contribution in [-0.4, -0.2) is 20.2 Å². The van der Waals surface area contributed by atoms with Gasteiger partial charge in [0.1, 0.15) is 0 Å². The van der Waals surface area contributed by atoms with Gasteiger partial charge in [-0.15, -0.1) is 0 Å². The second-order valence-corrected chi connectivity index (χ2v) is 5.58. The smallest absolute Gasteiger partial charge is 0.339 e.